The van der Waals surface area contributed by atoms with Crippen molar-refractivity contribution in [2.75, 3.05) is 18.0 Å². The van der Waals surface area contributed by atoms with Crippen molar-refractivity contribution in [3.8, 4) is 0 Å². The lowest BCUT2D eigenvalue weighted by atomic mass is 9.86. The molecule has 3 amide bonds. The molecule has 1 aromatic rings. The third-order valence-corrected chi connectivity index (χ3v) is 4.65. The number of ether oxygens (including phenoxy) is 1. The summed E-state index contributed by atoms with van der Waals surface area (Å²) in [6.07, 6.45) is 0.0726. The molecular formula is C20H31FN4O3. The molecule has 8 heteroatoms. The molecule has 7 nitrogen and oxygen atoms in total. The SMILES string of the molecule is C[C@H]1CN(c2ccc(CNC(=O)N[C@H](C(N)=O)C(C)(C)C)cc2F)C[C@H](C)O1. The van der Waals surface area contributed by atoms with Crippen LogP contribution in [0.1, 0.15) is 40.2 Å². The van der Waals surface area contributed by atoms with Crippen LogP contribution in [0, 0.1) is 11.2 Å². The van der Waals surface area contributed by atoms with Gasteiger partial charge >= 0.3 is 6.03 Å². The summed E-state index contributed by atoms with van der Waals surface area (Å²) in [6.45, 7) is 10.8. The fourth-order valence-electron chi connectivity index (χ4n) is 3.37. The second-order valence-corrected chi connectivity index (χ2v) is 8.48. The molecular weight excluding hydrogens is 363 g/mol. The second-order valence-electron chi connectivity index (χ2n) is 8.48. The monoisotopic (exact) mass is 394 g/mol. The van der Waals surface area contributed by atoms with E-state index >= 15 is 0 Å². The standard InChI is InChI=1S/C20H31FN4O3/c1-12-10-25(11-13(2)28-12)16-7-6-14(8-15(16)21)9-23-19(27)24-17(18(22)26)20(3,4)5/h6-8,12-13,17H,9-11H2,1-5H3,(H2,22,26)(H2,23,24,27)/t12-,13-,17+/m0/s1. The lowest BCUT2D eigenvalue weighted by molar-refractivity contribution is -0.122. The normalized spacial score (nSPS) is 21.1. The van der Waals surface area contributed by atoms with Gasteiger partial charge in [-0.2, -0.15) is 0 Å². The molecule has 0 radical (unpaired) electrons. The van der Waals surface area contributed by atoms with Gasteiger partial charge in [0.1, 0.15) is 11.9 Å². The molecule has 28 heavy (non-hydrogen) atoms. The van der Waals surface area contributed by atoms with E-state index in [0.29, 0.717) is 24.3 Å². The van der Waals surface area contributed by atoms with Crippen molar-refractivity contribution in [1.29, 1.82) is 0 Å². The molecule has 0 bridgehead atoms. The number of carbonyl (C=O) groups is 2. The highest BCUT2D eigenvalue weighted by Gasteiger charge is 2.31. The van der Waals surface area contributed by atoms with E-state index in [1.165, 1.54) is 6.07 Å². The van der Waals surface area contributed by atoms with Crippen LogP contribution >= 0.6 is 0 Å². The molecule has 1 aromatic carbocycles. The van der Waals surface area contributed by atoms with E-state index in [2.05, 4.69) is 10.6 Å². The van der Waals surface area contributed by atoms with Gasteiger partial charge in [0.05, 0.1) is 17.9 Å². The van der Waals surface area contributed by atoms with E-state index in [0.717, 1.165) is 0 Å². The van der Waals surface area contributed by atoms with Crippen LogP contribution in [0.15, 0.2) is 18.2 Å². The molecule has 156 valence electrons. The summed E-state index contributed by atoms with van der Waals surface area (Å²) >= 11 is 0. The Morgan fingerprint density at radius 2 is 1.89 bits per heavy atom. The Morgan fingerprint density at radius 1 is 1.29 bits per heavy atom. The smallest absolute Gasteiger partial charge is 0.315 e. The number of hydrogen-bond acceptors (Lipinski definition) is 4. The van der Waals surface area contributed by atoms with Gasteiger partial charge in [0.2, 0.25) is 5.91 Å². The Bertz CT molecular complexity index is 710. The van der Waals surface area contributed by atoms with E-state index in [9.17, 15) is 14.0 Å². The van der Waals surface area contributed by atoms with E-state index in [4.69, 9.17) is 10.5 Å². The average molecular weight is 394 g/mol. The van der Waals surface area contributed by atoms with Crippen molar-refractivity contribution in [2.45, 2.75) is 59.4 Å². The van der Waals surface area contributed by atoms with Crippen LogP contribution in [0.2, 0.25) is 0 Å². The summed E-state index contributed by atoms with van der Waals surface area (Å²) < 4.78 is 20.3. The zero-order valence-corrected chi connectivity index (χ0v) is 17.2. The molecule has 0 unspecified atom stereocenters. The first-order valence-electron chi connectivity index (χ1n) is 9.50. The van der Waals surface area contributed by atoms with Gasteiger partial charge < -0.3 is 26.0 Å². The molecule has 2 rings (SSSR count). The minimum absolute atomic E-state index is 0.0363. The number of nitrogens with two attached hydrogens (primary N) is 1. The van der Waals surface area contributed by atoms with Gasteiger partial charge in [0.25, 0.3) is 0 Å². The second kappa shape index (κ2) is 8.77. The summed E-state index contributed by atoms with van der Waals surface area (Å²) in [4.78, 5) is 25.6. The Labute approximate surface area is 165 Å². The number of hydrogen-bond donors (Lipinski definition) is 3. The number of carbonyl (C=O) groups excluding carboxylic acids is 2. The minimum Gasteiger partial charge on any atom is -0.372 e. The predicted molar refractivity (Wildman–Crippen MR) is 106 cm³/mol. The van der Waals surface area contributed by atoms with E-state index < -0.39 is 23.4 Å². The third kappa shape index (κ3) is 5.82. The molecule has 1 saturated heterocycles. The average Bonchev–Trinajstić information content (AvgIpc) is 2.55. The molecule has 0 aliphatic carbocycles. The van der Waals surface area contributed by atoms with Gasteiger partial charge in [0, 0.05) is 19.6 Å². The molecule has 1 fully saturated rings. The highest BCUT2D eigenvalue weighted by Crippen LogP contribution is 2.24. The topological polar surface area (TPSA) is 96.7 Å². The fourth-order valence-corrected chi connectivity index (χ4v) is 3.37. The van der Waals surface area contributed by atoms with Crippen LogP contribution in [0.3, 0.4) is 0 Å². The number of nitrogens with zero attached hydrogens (tertiary/aromatic N) is 1. The van der Waals surface area contributed by atoms with Gasteiger partial charge in [-0.3, -0.25) is 4.79 Å². The van der Waals surface area contributed by atoms with Gasteiger partial charge in [-0.25, -0.2) is 9.18 Å². The minimum atomic E-state index is -0.808. The molecule has 4 N–H and O–H groups in total. The highest BCUT2D eigenvalue weighted by atomic mass is 19.1. The summed E-state index contributed by atoms with van der Waals surface area (Å²) in [7, 11) is 0. The van der Waals surface area contributed by atoms with Crippen molar-refractivity contribution < 1.29 is 18.7 Å². The maximum Gasteiger partial charge on any atom is 0.315 e. The number of urea groups is 1. The maximum absolute atomic E-state index is 14.6. The van der Waals surface area contributed by atoms with Gasteiger partial charge in [-0.1, -0.05) is 26.8 Å². The maximum atomic E-state index is 14.6. The molecule has 0 spiro atoms. The van der Waals surface area contributed by atoms with Crippen LogP contribution in [0.25, 0.3) is 0 Å². The lowest BCUT2D eigenvalue weighted by Crippen LogP contribution is -2.54. The number of halogens is 1. The number of morpholine rings is 1. The number of anilines is 1. The van der Waals surface area contributed by atoms with Crippen molar-refractivity contribution in [3.05, 3.63) is 29.6 Å². The van der Waals surface area contributed by atoms with Crippen molar-refractivity contribution in [3.63, 3.8) is 0 Å². The van der Waals surface area contributed by atoms with Gasteiger partial charge in [-0.15, -0.1) is 0 Å². The first-order chi connectivity index (χ1) is 13.0. The number of rotatable bonds is 5. The quantitative estimate of drug-likeness (QED) is 0.713. The summed E-state index contributed by atoms with van der Waals surface area (Å²) in [5.41, 5.74) is 6.00. The Kier molecular flexibility index (Phi) is 6.87. The Morgan fingerprint density at radius 3 is 2.39 bits per heavy atom. The van der Waals surface area contributed by atoms with Gasteiger partial charge in [0.15, 0.2) is 0 Å². The van der Waals surface area contributed by atoms with Crippen LogP contribution in [-0.2, 0) is 16.1 Å². The predicted octanol–water partition coefficient (Wildman–Crippen LogP) is 2.14. The summed E-state index contributed by atoms with van der Waals surface area (Å²) in [6, 6.07) is 3.57. The van der Waals surface area contributed by atoms with E-state index in [1.54, 1.807) is 12.1 Å². The summed E-state index contributed by atoms with van der Waals surface area (Å²) in [5.74, 6) is -0.947. The van der Waals surface area contributed by atoms with Crippen LogP contribution in [-0.4, -0.2) is 43.3 Å². The molecule has 1 aliphatic heterocycles. The van der Waals surface area contributed by atoms with E-state index in [-0.39, 0.29) is 24.6 Å². The highest BCUT2D eigenvalue weighted by molar-refractivity contribution is 5.86. The van der Waals surface area contributed by atoms with Crippen molar-refractivity contribution >= 4 is 17.6 Å². The lowest BCUT2D eigenvalue weighted by Gasteiger charge is -2.37. The van der Waals surface area contributed by atoms with Crippen LogP contribution < -0.4 is 21.3 Å². The number of amides is 3. The molecule has 0 saturated carbocycles. The molecule has 0 aromatic heterocycles. The third-order valence-electron chi connectivity index (χ3n) is 4.65. The molecule has 1 heterocycles. The van der Waals surface area contributed by atoms with Crippen molar-refractivity contribution in [2.24, 2.45) is 11.1 Å². The van der Waals surface area contributed by atoms with Crippen LogP contribution in [0.4, 0.5) is 14.9 Å². The Hall–Kier alpha value is -2.35. The number of benzene rings is 1. The molecule has 1 aliphatic rings. The van der Waals surface area contributed by atoms with Gasteiger partial charge in [-0.05, 0) is 37.0 Å². The largest absolute Gasteiger partial charge is 0.372 e. The number of primary amides is 1. The first kappa shape index (κ1) is 21.9. The van der Waals surface area contributed by atoms with E-state index in [1.807, 2.05) is 39.5 Å². The zero-order valence-electron chi connectivity index (χ0n) is 17.2. The zero-order chi connectivity index (χ0) is 21.1. The van der Waals surface area contributed by atoms with Crippen molar-refractivity contribution in [1.82, 2.24) is 10.6 Å². The number of nitrogens with one attached hydrogen (secondary N) is 2. The molecule has 3 atom stereocenters. The fraction of sp³-hybridized carbons (Fsp3) is 0.600. The van der Waals surface area contributed by atoms with Crippen LogP contribution in [0.5, 0.6) is 0 Å². The first-order valence-corrected chi connectivity index (χ1v) is 9.50. The Balaban J connectivity index is 1.97. The summed E-state index contributed by atoms with van der Waals surface area (Å²) in [5, 5.41) is 5.21.